The maximum atomic E-state index is 11.9. The molecule has 10 N–H and O–H groups in total. The minimum atomic E-state index is -1.54. The second-order valence-electron chi connectivity index (χ2n) is 6.92. The molecule has 0 radical (unpaired) electrons. The van der Waals surface area contributed by atoms with E-state index >= 15 is 0 Å². The minimum absolute atomic E-state index is 0. The molecule has 0 aliphatic rings. The average molecular weight is 531 g/mol. The van der Waals surface area contributed by atoms with Crippen LogP contribution in [0, 0.1) is 0 Å². The first kappa shape index (κ1) is 35.8. The van der Waals surface area contributed by atoms with Crippen molar-refractivity contribution >= 4 is 60.7 Å². The Hall–Kier alpha value is -1.82. The molecule has 33 heavy (non-hydrogen) atoms. The predicted octanol–water partition coefficient (Wildman–Crippen LogP) is 0.449. The van der Waals surface area contributed by atoms with Gasteiger partial charge in [-0.2, -0.15) is 0 Å². The summed E-state index contributed by atoms with van der Waals surface area (Å²) in [6.45, 7) is 2.85. The summed E-state index contributed by atoms with van der Waals surface area (Å²) < 4.78 is 0. The lowest BCUT2D eigenvalue weighted by atomic mass is 10.1. The molecule has 1 rings (SSSR count). The van der Waals surface area contributed by atoms with Gasteiger partial charge in [-0.3, -0.25) is 9.59 Å². The Kier molecular flexibility index (Phi) is 23.8. The fourth-order valence-corrected chi connectivity index (χ4v) is 2.66. The van der Waals surface area contributed by atoms with Crippen LogP contribution in [0.3, 0.4) is 0 Å². The fraction of sp³-hybridized carbons (Fsp3) is 0.550. The molecule has 2 amide bonds. The van der Waals surface area contributed by atoms with Crippen LogP contribution in [0.5, 0.6) is 0 Å². The number of aryl methyl sites for hydroxylation is 1. The third-order valence-electron chi connectivity index (χ3n) is 4.25. The van der Waals surface area contributed by atoms with Crippen LogP contribution in [-0.4, -0.2) is 55.3 Å². The smallest absolute Gasteiger partial charge is 0.269 e. The van der Waals surface area contributed by atoms with Crippen LogP contribution in [-0.2, 0) is 16.0 Å². The van der Waals surface area contributed by atoms with Crippen molar-refractivity contribution in [2.75, 3.05) is 26.2 Å². The summed E-state index contributed by atoms with van der Waals surface area (Å²) in [5.41, 5.74) is 17.8. The van der Waals surface area contributed by atoms with Crippen LogP contribution < -0.4 is 33.2 Å². The van der Waals surface area contributed by atoms with Gasteiger partial charge in [0.05, 0.1) is 5.69 Å². The number of nitrogens with one attached hydrogen (secondary N) is 3. The van der Waals surface area contributed by atoms with E-state index in [1.54, 1.807) is 12.1 Å². The molecule has 1 unspecified atom stereocenters. The lowest BCUT2D eigenvalue weighted by molar-refractivity contribution is -0.136. The first-order valence-electron chi connectivity index (χ1n) is 10.3. The number of halogens is 3. The van der Waals surface area contributed by atoms with Gasteiger partial charge in [0.15, 0.2) is 5.96 Å². The third kappa shape index (κ3) is 18.3. The molecule has 1 aromatic carbocycles. The van der Waals surface area contributed by atoms with E-state index in [-0.39, 0.29) is 55.5 Å². The standard InChI is InChI=1S/C20H35N7O3.3ClH/c21-11-4-13-24-12-1-2-14-25-18(29)19(30)27-17(28)6-3-5-15-7-9-16(10-8-15)26-20(22)23;;;/h7-10,19,24,30H,1-6,11-14,21H2,(H,25,29)(H,27,28)(H4,22,23,26);3*1H. The molecule has 1 aromatic rings. The normalized spacial score (nSPS) is 10.5. The number of hydrogen-bond acceptors (Lipinski definition) is 6. The summed E-state index contributed by atoms with van der Waals surface area (Å²) in [6, 6.07) is 7.35. The molecule has 0 aliphatic heterocycles. The van der Waals surface area contributed by atoms with E-state index in [0.717, 1.165) is 37.9 Å². The molecule has 0 bridgehead atoms. The molecule has 0 fully saturated rings. The maximum absolute atomic E-state index is 11.9. The molecule has 0 heterocycles. The number of unbranched alkanes of at least 4 members (excludes halogenated alkanes) is 1. The molecule has 1 atom stereocenters. The summed E-state index contributed by atoms with van der Waals surface area (Å²) in [4.78, 5) is 27.7. The van der Waals surface area contributed by atoms with Gasteiger partial charge in [-0.25, -0.2) is 4.99 Å². The van der Waals surface area contributed by atoms with E-state index < -0.39 is 12.1 Å². The summed E-state index contributed by atoms with van der Waals surface area (Å²) in [5, 5.41) is 18.0. The second-order valence-corrected chi connectivity index (χ2v) is 6.92. The summed E-state index contributed by atoms with van der Waals surface area (Å²) in [6.07, 6.45) is 2.54. The van der Waals surface area contributed by atoms with Gasteiger partial charge >= 0.3 is 0 Å². The van der Waals surface area contributed by atoms with Crippen LogP contribution in [0.2, 0.25) is 0 Å². The van der Waals surface area contributed by atoms with Crippen LogP contribution in [0.1, 0.15) is 37.7 Å². The van der Waals surface area contributed by atoms with E-state index in [2.05, 4.69) is 20.9 Å². The van der Waals surface area contributed by atoms with Gasteiger partial charge in [0.25, 0.3) is 5.91 Å². The second kappa shape index (κ2) is 22.0. The predicted molar refractivity (Wildman–Crippen MR) is 140 cm³/mol. The molecule has 10 nitrogen and oxygen atoms in total. The molecular formula is C20H38Cl3N7O3. The van der Waals surface area contributed by atoms with Gasteiger partial charge in [0.2, 0.25) is 12.1 Å². The molecule has 0 spiro atoms. The molecule has 192 valence electrons. The molecule has 0 aliphatic carbocycles. The highest BCUT2D eigenvalue weighted by atomic mass is 35.5. The number of aliphatic hydroxyl groups excluding tert-OH is 1. The number of aliphatic imine (C=N–C) groups is 1. The van der Waals surface area contributed by atoms with E-state index in [1.165, 1.54) is 0 Å². The number of rotatable bonds is 15. The zero-order chi connectivity index (χ0) is 22.2. The van der Waals surface area contributed by atoms with Gasteiger partial charge in [-0.1, -0.05) is 12.1 Å². The molecule has 13 heteroatoms. The number of hydrogen-bond donors (Lipinski definition) is 7. The molecular weight excluding hydrogens is 493 g/mol. The van der Waals surface area contributed by atoms with Crippen molar-refractivity contribution in [1.29, 1.82) is 0 Å². The number of benzene rings is 1. The third-order valence-corrected chi connectivity index (χ3v) is 4.25. The number of guanidine groups is 1. The highest BCUT2D eigenvalue weighted by Gasteiger charge is 2.16. The molecule has 0 saturated heterocycles. The quantitative estimate of drug-likeness (QED) is 0.0743. The van der Waals surface area contributed by atoms with Crippen LogP contribution >= 0.6 is 37.2 Å². The van der Waals surface area contributed by atoms with Crippen LogP contribution in [0.4, 0.5) is 5.69 Å². The minimum Gasteiger partial charge on any atom is -0.370 e. The van der Waals surface area contributed by atoms with Crippen molar-refractivity contribution in [2.45, 2.75) is 44.8 Å². The lowest BCUT2D eigenvalue weighted by Gasteiger charge is -2.13. The van der Waals surface area contributed by atoms with Gasteiger partial charge in [0, 0.05) is 13.0 Å². The van der Waals surface area contributed by atoms with Crippen molar-refractivity contribution in [3.8, 4) is 0 Å². The fourth-order valence-electron chi connectivity index (χ4n) is 2.66. The Labute approximate surface area is 214 Å². The number of amides is 2. The number of carbonyl (C=O) groups is 2. The van der Waals surface area contributed by atoms with Gasteiger partial charge < -0.3 is 38.3 Å². The van der Waals surface area contributed by atoms with E-state index in [0.29, 0.717) is 31.6 Å². The lowest BCUT2D eigenvalue weighted by Crippen LogP contribution is -2.46. The van der Waals surface area contributed by atoms with Crippen LogP contribution in [0.15, 0.2) is 29.3 Å². The van der Waals surface area contributed by atoms with Crippen molar-refractivity contribution < 1.29 is 14.7 Å². The zero-order valence-electron chi connectivity index (χ0n) is 18.6. The zero-order valence-corrected chi connectivity index (χ0v) is 21.1. The number of aliphatic hydroxyl groups is 1. The summed E-state index contributed by atoms with van der Waals surface area (Å²) >= 11 is 0. The Bertz CT molecular complexity index is 675. The largest absolute Gasteiger partial charge is 0.370 e. The number of carbonyl (C=O) groups excluding carboxylic acids is 2. The monoisotopic (exact) mass is 529 g/mol. The van der Waals surface area contributed by atoms with E-state index in [4.69, 9.17) is 17.2 Å². The highest BCUT2D eigenvalue weighted by Crippen LogP contribution is 2.14. The van der Waals surface area contributed by atoms with E-state index in [9.17, 15) is 14.7 Å². The van der Waals surface area contributed by atoms with Gasteiger partial charge in [-0.15, -0.1) is 37.2 Å². The highest BCUT2D eigenvalue weighted by molar-refractivity contribution is 5.86. The Morgan fingerprint density at radius 3 is 2.15 bits per heavy atom. The van der Waals surface area contributed by atoms with Crippen molar-refractivity contribution in [3.05, 3.63) is 29.8 Å². The first-order chi connectivity index (χ1) is 14.4. The number of nitrogens with two attached hydrogens (primary N) is 3. The van der Waals surface area contributed by atoms with Crippen molar-refractivity contribution in [3.63, 3.8) is 0 Å². The van der Waals surface area contributed by atoms with Crippen LogP contribution in [0.25, 0.3) is 0 Å². The summed E-state index contributed by atoms with van der Waals surface area (Å²) in [7, 11) is 0. The summed E-state index contributed by atoms with van der Waals surface area (Å²) in [5.74, 6) is -0.981. The Morgan fingerprint density at radius 1 is 0.939 bits per heavy atom. The Morgan fingerprint density at radius 2 is 1.55 bits per heavy atom. The van der Waals surface area contributed by atoms with Crippen molar-refractivity contribution in [1.82, 2.24) is 16.0 Å². The van der Waals surface area contributed by atoms with Gasteiger partial charge in [-0.05, 0) is 69.4 Å². The SMILES string of the molecule is Cl.Cl.Cl.NCCCNCCCCNC(=O)C(O)NC(=O)CCCc1ccc(N=C(N)N)cc1. The molecule has 0 aromatic heterocycles. The van der Waals surface area contributed by atoms with E-state index in [1.807, 2.05) is 12.1 Å². The van der Waals surface area contributed by atoms with Crippen molar-refractivity contribution in [2.24, 2.45) is 22.2 Å². The topological polar surface area (TPSA) is 181 Å². The first-order valence-corrected chi connectivity index (χ1v) is 10.3. The Balaban J connectivity index is -0.00000300. The average Bonchev–Trinajstić information content (AvgIpc) is 2.70. The molecule has 0 saturated carbocycles. The maximum Gasteiger partial charge on any atom is 0.269 e. The number of nitrogens with zero attached hydrogens (tertiary/aromatic N) is 1. The van der Waals surface area contributed by atoms with Gasteiger partial charge in [0.1, 0.15) is 0 Å².